The van der Waals surface area contributed by atoms with Crippen molar-refractivity contribution in [3.8, 4) is 16.9 Å². The molecule has 114 valence electrons. The molecule has 0 unspecified atom stereocenters. The van der Waals surface area contributed by atoms with Crippen LogP contribution in [0.2, 0.25) is 0 Å². The predicted octanol–water partition coefficient (Wildman–Crippen LogP) is 3.65. The van der Waals surface area contributed by atoms with E-state index in [0.717, 1.165) is 5.56 Å². The molecule has 0 bridgehead atoms. The maximum absolute atomic E-state index is 11.8. The van der Waals surface area contributed by atoms with Gasteiger partial charge in [0, 0.05) is 6.04 Å². The highest BCUT2D eigenvalue weighted by Crippen LogP contribution is 2.32. The van der Waals surface area contributed by atoms with E-state index < -0.39 is 0 Å². The van der Waals surface area contributed by atoms with Crippen molar-refractivity contribution in [3.05, 3.63) is 54.6 Å². The number of benzene rings is 2. The molecule has 0 spiro atoms. The molecule has 22 heavy (non-hydrogen) atoms. The molecule has 3 heteroatoms. The molecule has 1 N–H and O–H groups in total. The largest absolute Gasteiger partial charge is 0.484 e. The Kier molecular flexibility index (Phi) is 4.42. The van der Waals surface area contributed by atoms with Crippen molar-refractivity contribution in [3.63, 3.8) is 0 Å². The maximum Gasteiger partial charge on any atom is 0.258 e. The molecule has 1 aliphatic rings. The van der Waals surface area contributed by atoms with Crippen LogP contribution < -0.4 is 10.1 Å². The summed E-state index contributed by atoms with van der Waals surface area (Å²) in [7, 11) is 0. The molecule has 1 atom stereocenters. The van der Waals surface area contributed by atoms with Crippen LogP contribution in [-0.2, 0) is 4.79 Å². The van der Waals surface area contributed by atoms with Gasteiger partial charge in [-0.15, -0.1) is 0 Å². The lowest BCUT2D eigenvalue weighted by molar-refractivity contribution is -0.123. The molecule has 1 fully saturated rings. The first-order chi connectivity index (χ1) is 10.7. The van der Waals surface area contributed by atoms with Crippen LogP contribution in [0.3, 0.4) is 0 Å². The van der Waals surface area contributed by atoms with E-state index >= 15 is 0 Å². The predicted molar refractivity (Wildman–Crippen MR) is 87.7 cm³/mol. The van der Waals surface area contributed by atoms with E-state index in [2.05, 4.69) is 24.4 Å². The highest BCUT2D eigenvalue weighted by molar-refractivity contribution is 5.78. The minimum absolute atomic E-state index is 0.0495. The highest BCUT2D eigenvalue weighted by atomic mass is 16.5. The van der Waals surface area contributed by atoms with Crippen LogP contribution in [0.15, 0.2) is 54.6 Å². The summed E-state index contributed by atoms with van der Waals surface area (Å²) >= 11 is 0. The average Bonchev–Trinajstić information content (AvgIpc) is 3.39. The first kappa shape index (κ1) is 14.6. The molecular weight excluding hydrogens is 274 g/mol. The summed E-state index contributed by atoms with van der Waals surface area (Å²) in [5.74, 6) is 1.33. The van der Waals surface area contributed by atoms with Crippen molar-refractivity contribution in [1.29, 1.82) is 0 Å². The Balaban J connectivity index is 1.51. The molecule has 0 radical (unpaired) electrons. The Hall–Kier alpha value is -2.29. The molecule has 0 saturated heterocycles. The average molecular weight is 295 g/mol. The summed E-state index contributed by atoms with van der Waals surface area (Å²) < 4.78 is 5.55. The first-order valence-corrected chi connectivity index (χ1v) is 7.80. The molecule has 3 nitrogen and oxygen atoms in total. The van der Waals surface area contributed by atoms with Crippen LogP contribution in [0.4, 0.5) is 0 Å². The van der Waals surface area contributed by atoms with Gasteiger partial charge >= 0.3 is 0 Å². The number of carbonyl (C=O) groups excluding carboxylic acids is 1. The van der Waals surface area contributed by atoms with Crippen LogP contribution in [0.1, 0.15) is 19.8 Å². The minimum atomic E-state index is -0.0495. The minimum Gasteiger partial charge on any atom is -0.484 e. The third-order valence-corrected chi connectivity index (χ3v) is 4.05. The van der Waals surface area contributed by atoms with Crippen molar-refractivity contribution >= 4 is 5.91 Å². The van der Waals surface area contributed by atoms with Crippen molar-refractivity contribution < 1.29 is 9.53 Å². The zero-order valence-corrected chi connectivity index (χ0v) is 12.8. The van der Waals surface area contributed by atoms with Gasteiger partial charge in [-0.3, -0.25) is 4.79 Å². The summed E-state index contributed by atoms with van der Waals surface area (Å²) in [5.41, 5.74) is 2.31. The first-order valence-electron chi connectivity index (χ1n) is 7.80. The Morgan fingerprint density at radius 1 is 1.09 bits per heavy atom. The maximum atomic E-state index is 11.8. The van der Waals surface area contributed by atoms with Crippen molar-refractivity contribution in [2.45, 2.75) is 25.8 Å². The Labute approximate surface area is 131 Å². The standard InChI is InChI=1S/C19H21NO2/c1-14(15-7-8-15)20-19(21)13-22-18-11-9-17(10-12-18)16-5-3-2-4-6-16/h2-6,9-12,14-15H,7-8,13H2,1H3,(H,20,21)/t14-/m1/s1. The van der Waals surface area contributed by atoms with Gasteiger partial charge in [-0.2, -0.15) is 0 Å². The summed E-state index contributed by atoms with van der Waals surface area (Å²) in [5, 5.41) is 2.99. The van der Waals surface area contributed by atoms with Gasteiger partial charge in [0.15, 0.2) is 6.61 Å². The molecule has 2 aromatic rings. The fourth-order valence-corrected chi connectivity index (χ4v) is 2.53. The van der Waals surface area contributed by atoms with Crippen LogP contribution in [0.5, 0.6) is 5.75 Å². The summed E-state index contributed by atoms with van der Waals surface area (Å²) in [4.78, 5) is 11.8. The summed E-state index contributed by atoms with van der Waals surface area (Å²) in [6, 6.07) is 18.3. The monoisotopic (exact) mass is 295 g/mol. The number of carbonyl (C=O) groups is 1. The van der Waals surface area contributed by atoms with Crippen LogP contribution >= 0.6 is 0 Å². The fourth-order valence-electron chi connectivity index (χ4n) is 2.53. The lowest BCUT2D eigenvalue weighted by atomic mass is 10.1. The van der Waals surface area contributed by atoms with Crippen LogP contribution in [0.25, 0.3) is 11.1 Å². The van der Waals surface area contributed by atoms with Gasteiger partial charge in [-0.1, -0.05) is 42.5 Å². The zero-order valence-electron chi connectivity index (χ0n) is 12.8. The van der Waals surface area contributed by atoms with Gasteiger partial charge in [0.2, 0.25) is 0 Å². The highest BCUT2D eigenvalue weighted by Gasteiger charge is 2.28. The van der Waals surface area contributed by atoms with Crippen molar-refractivity contribution in [1.82, 2.24) is 5.32 Å². The number of amides is 1. The number of ether oxygens (including phenoxy) is 1. The lowest BCUT2D eigenvalue weighted by Crippen LogP contribution is -2.37. The lowest BCUT2D eigenvalue weighted by Gasteiger charge is -2.13. The number of rotatable bonds is 6. The normalized spacial score (nSPS) is 15.1. The molecule has 0 aliphatic heterocycles. The van der Waals surface area contributed by atoms with E-state index in [1.54, 1.807) is 0 Å². The van der Waals surface area contributed by atoms with Gasteiger partial charge in [-0.25, -0.2) is 0 Å². The fraction of sp³-hybridized carbons (Fsp3) is 0.316. The van der Waals surface area contributed by atoms with Gasteiger partial charge in [0.05, 0.1) is 0 Å². The molecule has 3 rings (SSSR count). The Morgan fingerprint density at radius 2 is 1.73 bits per heavy atom. The third-order valence-electron chi connectivity index (χ3n) is 4.05. The van der Waals surface area contributed by atoms with E-state index in [4.69, 9.17) is 4.74 Å². The molecule has 0 heterocycles. The summed E-state index contributed by atoms with van der Waals surface area (Å²) in [6.45, 7) is 2.13. The van der Waals surface area contributed by atoms with Gasteiger partial charge in [0.25, 0.3) is 5.91 Å². The topological polar surface area (TPSA) is 38.3 Å². The molecule has 0 aromatic heterocycles. The van der Waals surface area contributed by atoms with Crippen molar-refractivity contribution in [2.75, 3.05) is 6.61 Å². The number of hydrogen-bond acceptors (Lipinski definition) is 2. The third kappa shape index (κ3) is 3.88. The SMILES string of the molecule is C[C@@H](NC(=O)COc1ccc(-c2ccccc2)cc1)C1CC1. The van der Waals surface area contributed by atoms with Gasteiger partial charge < -0.3 is 10.1 Å². The molecular formula is C19H21NO2. The van der Waals surface area contributed by atoms with E-state index in [0.29, 0.717) is 11.7 Å². The van der Waals surface area contributed by atoms with Crippen molar-refractivity contribution in [2.24, 2.45) is 5.92 Å². The number of nitrogens with one attached hydrogen (secondary N) is 1. The molecule has 1 saturated carbocycles. The van der Waals surface area contributed by atoms with Gasteiger partial charge in [0.1, 0.15) is 5.75 Å². The van der Waals surface area contributed by atoms with Crippen LogP contribution in [-0.4, -0.2) is 18.6 Å². The Morgan fingerprint density at radius 3 is 2.36 bits per heavy atom. The van der Waals surface area contributed by atoms with E-state index in [1.807, 2.05) is 42.5 Å². The number of hydrogen-bond donors (Lipinski definition) is 1. The molecule has 1 aliphatic carbocycles. The quantitative estimate of drug-likeness (QED) is 0.883. The van der Waals surface area contributed by atoms with E-state index in [-0.39, 0.29) is 18.6 Å². The summed E-state index contributed by atoms with van der Waals surface area (Å²) in [6.07, 6.45) is 2.45. The van der Waals surface area contributed by atoms with E-state index in [9.17, 15) is 4.79 Å². The second kappa shape index (κ2) is 6.65. The second-order valence-corrected chi connectivity index (χ2v) is 5.87. The molecule has 2 aromatic carbocycles. The molecule has 1 amide bonds. The van der Waals surface area contributed by atoms with Gasteiger partial charge in [-0.05, 0) is 48.9 Å². The zero-order chi connectivity index (χ0) is 15.4. The van der Waals surface area contributed by atoms with Crippen LogP contribution in [0, 0.1) is 5.92 Å². The second-order valence-electron chi connectivity index (χ2n) is 5.87. The smallest absolute Gasteiger partial charge is 0.258 e. The van der Waals surface area contributed by atoms with E-state index in [1.165, 1.54) is 18.4 Å². The Bertz CT molecular complexity index is 618.